The molecule has 0 fully saturated rings. The largest absolute Gasteiger partial charge is 0.362 e. The van der Waals surface area contributed by atoms with Crippen LogP contribution in [0.5, 0.6) is 0 Å². The number of sulfonamides is 1. The van der Waals surface area contributed by atoms with Crippen molar-refractivity contribution in [3.8, 4) is 5.69 Å². The van der Waals surface area contributed by atoms with Gasteiger partial charge in [0.25, 0.3) is 22.1 Å². The summed E-state index contributed by atoms with van der Waals surface area (Å²) in [4.78, 5) is 0.203. The molecule has 0 radical (unpaired) electrons. The second-order valence-corrected chi connectivity index (χ2v) is 6.91. The third-order valence-electron chi connectivity index (χ3n) is 3.50. The molecule has 1 heterocycles. The zero-order valence-corrected chi connectivity index (χ0v) is 13.8. The number of hydrogen-bond donors (Lipinski definition) is 1. The molecule has 2 aromatic carbocycles. The zero-order valence-electron chi connectivity index (χ0n) is 13.0. The van der Waals surface area contributed by atoms with Crippen molar-refractivity contribution in [1.29, 1.82) is 0 Å². The van der Waals surface area contributed by atoms with E-state index < -0.39 is 10.0 Å². The summed E-state index contributed by atoms with van der Waals surface area (Å²) in [5.41, 5.74) is 6.76. The van der Waals surface area contributed by atoms with Crippen LogP contribution in [0.1, 0.15) is 6.92 Å². The van der Waals surface area contributed by atoms with Crippen molar-refractivity contribution in [2.75, 3.05) is 16.6 Å². The third kappa shape index (κ3) is 2.95. The second-order valence-electron chi connectivity index (χ2n) is 5.05. The topological polar surface area (TPSA) is 93.3 Å². The van der Waals surface area contributed by atoms with Crippen LogP contribution in [0.3, 0.4) is 0 Å². The number of anilines is 2. The van der Waals surface area contributed by atoms with Gasteiger partial charge in [-0.3, -0.25) is 8.83 Å². The first-order valence-corrected chi connectivity index (χ1v) is 8.78. The number of para-hydroxylation sites is 1. The lowest BCUT2D eigenvalue weighted by Gasteiger charge is -2.22. The molecule has 0 spiro atoms. The van der Waals surface area contributed by atoms with Crippen molar-refractivity contribution in [3.63, 3.8) is 0 Å². The number of hydrogen-bond acceptors (Lipinski definition) is 5. The molecule has 124 valence electrons. The molecule has 0 amide bonds. The van der Waals surface area contributed by atoms with Crippen molar-refractivity contribution in [2.24, 2.45) is 0 Å². The highest BCUT2D eigenvalue weighted by molar-refractivity contribution is 7.92. The quantitative estimate of drug-likeness (QED) is 0.711. The van der Waals surface area contributed by atoms with Gasteiger partial charge in [-0.2, -0.15) is 0 Å². The van der Waals surface area contributed by atoms with Gasteiger partial charge in [-0.1, -0.05) is 18.2 Å². The molecule has 2 N–H and O–H groups in total. The van der Waals surface area contributed by atoms with Crippen LogP contribution < -0.4 is 14.7 Å². The van der Waals surface area contributed by atoms with E-state index in [0.29, 0.717) is 17.9 Å². The second kappa shape index (κ2) is 6.32. The van der Waals surface area contributed by atoms with E-state index in [2.05, 4.69) is 5.27 Å². The Balaban J connectivity index is 1.95. The highest BCUT2D eigenvalue weighted by Crippen LogP contribution is 2.23. The zero-order chi connectivity index (χ0) is 17.2. The van der Waals surface area contributed by atoms with Gasteiger partial charge in [0.2, 0.25) is 11.0 Å². The minimum atomic E-state index is -3.64. The Hall–Kier alpha value is -2.87. The molecular formula is C16H17N4O3S+. The predicted octanol–water partition coefficient (Wildman–Crippen LogP) is 1.75. The Kier molecular flexibility index (Phi) is 4.22. The molecule has 0 unspecified atom stereocenters. The van der Waals surface area contributed by atoms with Gasteiger partial charge in [0.1, 0.15) is 0 Å². The summed E-state index contributed by atoms with van der Waals surface area (Å²) in [6.07, 6.45) is 1.51. The number of aromatic nitrogens is 2. The fourth-order valence-corrected chi connectivity index (χ4v) is 3.84. The van der Waals surface area contributed by atoms with E-state index in [-0.39, 0.29) is 10.8 Å². The van der Waals surface area contributed by atoms with E-state index in [9.17, 15) is 8.42 Å². The Morgan fingerprint density at radius 3 is 2.33 bits per heavy atom. The highest BCUT2D eigenvalue weighted by Gasteiger charge is 2.24. The summed E-state index contributed by atoms with van der Waals surface area (Å²) in [5, 5.41) is 3.73. The van der Waals surface area contributed by atoms with Gasteiger partial charge in [0.05, 0.1) is 10.6 Å². The maximum absolute atomic E-state index is 12.9. The van der Waals surface area contributed by atoms with Crippen LogP contribution in [0.4, 0.5) is 11.6 Å². The lowest BCUT2D eigenvalue weighted by Crippen LogP contribution is -2.32. The molecule has 0 aliphatic carbocycles. The normalized spacial score (nSPS) is 11.4. The van der Waals surface area contributed by atoms with Crippen molar-refractivity contribution < 1.29 is 17.6 Å². The summed E-state index contributed by atoms with van der Waals surface area (Å²) in [5.74, 6) is 0.174. The molecule has 0 saturated carbocycles. The lowest BCUT2D eigenvalue weighted by atomic mass is 10.3. The van der Waals surface area contributed by atoms with Crippen LogP contribution >= 0.6 is 0 Å². The van der Waals surface area contributed by atoms with Crippen LogP contribution in [0, 0.1) is 0 Å². The molecule has 8 heteroatoms. The molecule has 3 aromatic rings. The SMILES string of the molecule is CCN(c1ccccc1)S(=O)(=O)c1ccc(-[n+]2cc(N)on2)cc1. The monoisotopic (exact) mass is 345 g/mol. The molecule has 0 bridgehead atoms. The summed E-state index contributed by atoms with van der Waals surface area (Å²) < 4.78 is 33.4. The first kappa shape index (κ1) is 16.0. The van der Waals surface area contributed by atoms with E-state index in [1.54, 1.807) is 31.2 Å². The Morgan fingerprint density at radius 2 is 1.79 bits per heavy atom. The standard InChI is InChI=1S/C16H17N4O3S/c1-2-20(14-6-4-3-5-7-14)24(21,22)15-10-8-13(9-11-15)19-12-16(17)23-18-19/h3-12H,2,17H2,1H3/q+1. The van der Waals surface area contributed by atoms with Gasteiger partial charge in [-0.05, 0) is 35.9 Å². The fraction of sp³-hybridized carbons (Fsp3) is 0.125. The molecule has 0 aliphatic heterocycles. The number of nitrogens with two attached hydrogens (primary N) is 1. The number of rotatable bonds is 5. The van der Waals surface area contributed by atoms with E-state index in [1.165, 1.54) is 27.3 Å². The number of nitrogens with zero attached hydrogens (tertiary/aromatic N) is 3. The average molecular weight is 345 g/mol. The van der Waals surface area contributed by atoms with Crippen LogP contribution in [-0.4, -0.2) is 20.2 Å². The van der Waals surface area contributed by atoms with Crippen LogP contribution in [0.2, 0.25) is 0 Å². The van der Waals surface area contributed by atoms with Gasteiger partial charge in [0, 0.05) is 18.7 Å². The van der Waals surface area contributed by atoms with E-state index in [4.69, 9.17) is 10.3 Å². The smallest absolute Gasteiger partial charge is 0.293 e. The van der Waals surface area contributed by atoms with Crippen molar-refractivity contribution >= 4 is 21.6 Å². The fourth-order valence-electron chi connectivity index (χ4n) is 2.36. The first-order valence-electron chi connectivity index (χ1n) is 7.34. The number of benzene rings is 2. The molecule has 1 aromatic heterocycles. The maximum Gasteiger partial charge on any atom is 0.293 e. The molecule has 0 atom stereocenters. The van der Waals surface area contributed by atoms with Crippen LogP contribution in [-0.2, 0) is 10.0 Å². The maximum atomic E-state index is 12.9. The van der Waals surface area contributed by atoms with Gasteiger partial charge in [0.15, 0.2) is 0 Å². The summed E-state index contributed by atoms with van der Waals surface area (Å²) >= 11 is 0. The van der Waals surface area contributed by atoms with Gasteiger partial charge >= 0.3 is 0 Å². The predicted molar refractivity (Wildman–Crippen MR) is 89.1 cm³/mol. The van der Waals surface area contributed by atoms with Gasteiger partial charge < -0.3 is 5.73 Å². The van der Waals surface area contributed by atoms with Gasteiger partial charge in [-0.25, -0.2) is 8.42 Å². The molecule has 7 nitrogen and oxygen atoms in total. The molecule has 3 rings (SSSR count). The molecule has 24 heavy (non-hydrogen) atoms. The average Bonchev–Trinajstić information content (AvgIpc) is 3.03. The Labute approximate surface area is 139 Å². The van der Waals surface area contributed by atoms with E-state index in [1.807, 2.05) is 18.2 Å². The van der Waals surface area contributed by atoms with Crippen molar-refractivity contribution in [1.82, 2.24) is 5.27 Å². The Morgan fingerprint density at radius 1 is 1.12 bits per heavy atom. The minimum Gasteiger partial charge on any atom is -0.362 e. The summed E-state index contributed by atoms with van der Waals surface area (Å²) in [6.45, 7) is 2.13. The Bertz CT molecular complexity index is 921. The van der Waals surface area contributed by atoms with E-state index in [0.717, 1.165) is 0 Å². The lowest BCUT2D eigenvalue weighted by molar-refractivity contribution is -0.670. The first-order chi connectivity index (χ1) is 11.5. The van der Waals surface area contributed by atoms with Crippen molar-refractivity contribution in [2.45, 2.75) is 11.8 Å². The van der Waals surface area contributed by atoms with Crippen LogP contribution in [0.25, 0.3) is 5.69 Å². The van der Waals surface area contributed by atoms with Crippen molar-refractivity contribution in [3.05, 3.63) is 60.8 Å². The molecular weight excluding hydrogens is 328 g/mol. The van der Waals surface area contributed by atoms with Gasteiger partial charge in [-0.15, -0.1) is 0 Å². The molecule has 0 aliphatic rings. The third-order valence-corrected chi connectivity index (χ3v) is 5.42. The highest BCUT2D eigenvalue weighted by atomic mass is 32.2. The van der Waals surface area contributed by atoms with Crippen LogP contribution in [0.15, 0.2) is 70.2 Å². The summed E-state index contributed by atoms with van der Waals surface area (Å²) in [7, 11) is -3.64. The number of nitrogen functional groups attached to an aromatic ring is 1. The summed E-state index contributed by atoms with van der Waals surface area (Å²) in [6, 6.07) is 15.4. The van der Waals surface area contributed by atoms with E-state index >= 15 is 0 Å². The minimum absolute atomic E-state index is 0.174. The molecule has 0 saturated heterocycles.